The number of hydrogen-bond acceptors (Lipinski definition) is 4. The van der Waals surface area contributed by atoms with Gasteiger partial charge in [0.15, 0.2) is 6.04 Å². The summed E-state index contributed by atoms with van der Waals surface area (Å²) < 4.78 is 5.20. The monoisotopic (exact) mass is 327 g/mol. The van der Waals surface area contributed by atoms with E-state index in [1.807, 2.05) is 48.5 Å². The SMILES string of the molecule is O=C(N[C@H](CO)C(=O)O)OCC1c2ccccc2-c2ccccc21. The van der Waals surface area contributed by atoms with E-state index in [9.17, 15) is 9.59 Å². The van der Waals surface area contributed by atoms with Crippen LogP contribution in [-0.2, 0) is 9.53 Å². The fraction of sp³-hybridized carbons (Fsp3) is 0.222. The maximum atomic E-state index is 11.8. The third-order valence-electron chi connectivity index (χ3n) is 4.12. The van der Waals surface area contributed by atoms with Gasteiger partial charge in [0, 0.05) is 5.92 Å². The van der Waals surface area contributed by atoms with E-state index in [-0.39, 0.29) is 12.5 Å². The van der Waals surface area contributed by atoms with E-state index in [2.05, 4.69) is 5.32 Å². The molecule has 0 spiro atoms. The number of fused-ring (bicyclic) bond motifs is 3. The molecule has 1 aliphatic rings. The zero-order chi connectivity index (χ0) is 17.1. The number of alkyl carbamates (subject to hydrolysis) is 1. The van der Waals surface area contributed by atoms with Crippen LogP contribution in [-0.4, -0.2) is 41.5 Å². The molecule has 3 N–H and O–H groups in total. The first-order valence-corrected chi connectivity index (χ1v) is 7.57. The summed E-state index contributed by atoms with van der Waals surface area (Å²) in [5, 5.41) is 19.9. The molecular formula is C18H17NO5. The highest BCUT2D eigenvalue weighted by Gasteiger charge is 2.29. The summed E-state index contributed by atoms with van der Waals surface area (Å²) in [6, 6.07) is 14.5. The molecular weight excluding hydrogens is 310 g/mol. The van der Waals surface area contributed by atoms with Crippen LogP contribution in [0.4, 0.5) is 4.79 Å². The molecule has 1 atom stereocenters. The minimum absolute atomic E-state index is 0.0949. The van der Waals surface area contributed by atoms with Gasteiger partial charge in [0.1, 0.15) is 6.61 Å². The Bertz CT molecular complexity index is 728. The van der Waals surface area contributed by atoms with E-state index < -0.39 is 24.7 Å². The number of amides is 1. The topological polar surface area (TPSA) is 95.9 Å². The van der Waals surface area contributed by atoms with E-state index in [1.54, 1.807) is 0 Å². The number of ether oxygens (including phenoxy) is 1. The Hall–Kier alpha value is -2.86. The molecule has 0 unspecified atom stereocenters. The summed E-state index contributed by atoms with van der Waals surface area (Å²) in [7, 11) is 0. The highest BCUT2D eigenvalue weighted by atomic mass is 16.5. The van der Waals surface area contributed by atoms with E-state index in [1.165, 1.54) is 0 Å². The molecule has 24 heavy (non-hydrogen) atoms. The maximum absolute atomic E-state index is 11.8. The van der Waals surface area contributed by atoms with Crippen LogP contribution < -0.4 is 5.32 Å². The highest BCUT2D eigenvalue weighted by Crippen LogP contribution is 2.44. The number of aliphatic hydroxyl groups excluding tert-OH is 1. The van der Waals surface area contributed by atoms with Crippen molar-refractivity contribution < 1.29 is 24.5 Å². The van der Waals surface area contributed by atoms with Crippen LogP contribution in [0.3, 0.4) is 0 Å². The second-order valence-electron chi connectivity index (χ2n) is 5.54. The van der Waals surface area contributed by atoms with Gasteiger partial charge < -0.3 is 20.3 Å². The Labute approximate surface area is 138 Å². The Morgan fingerprint density at radius 3 is 2.08 bits per heavy atom. The lowest BCUT2D eigenvalue weighted by atomic mass is 9.98. The number of carboxylic acid groups (broad SMARTS) is 1. The van der Waals surface area contributed by atoms with E-state index in [0.29, 0.717) is 0 Å². The van der Waals surface area contributed by atoms with Gasteiger partial charge in [-0.05, 0) is 22.3 Å². The van der Waals surface area contributed by atoms with Crippen molar-refractivity contribution in [1.82, 2.24) is 5.32 Å². The van der Waals surface area contributed by atoms with Crippen LogP contribution in [0.2, 0.25) is 0 Å². The van der Waals surface area contributed by atoms with Gasteiger partial charge in [-0.15, -0.1) is 0 Å². The van der Waals surface area contributed by atoms with Crippen LogP contribution in [0.15, 0.2) is 48.5 Å². The second kappa shape index (κ2) is 6.72. The normalized spacial score (nSPS) is 13.7. The first kappa shape index (κ1) is 16.0. The van der Waals surface area contributed by atoms with Gasteiger partial charge >= 0.3 is 12.1 Å². The molecule has 124 valence electrons. The van der Waals surface area contributed by atoms with E-state index in [4.69, 9.17) is 14.9 Å². The molecule has 0 saturated heterocycles. The van der Waals surface area contributed by atoms with Crippen molar-refractivity contribution in [2.24, 2.45) is 0 Å². The standard InChI is InChI=1S/C18H17NO5/c20-9-16(17(21)22)19-18(23)24-10-15-13-7-3-1-5-11(13)12-6-2-4-8-14(12)15/h1-8,15-16,20H,9-10H2,(H,19,23)(H,21,22)/t16-/m1/s1. The van der Waals surface area contributed by atoms with Crippen LogP contribution in [0.1, 0.15) is 17.0 Å². The molecule has 0 aliphatic heterocycles. The van der Waals surface area contributed by atoms with Crippen LogP contribution >= 0.6 is 0 Å². The molecule has 0 aromatic heterocycles. The lowest BCUT2D eigenvalue weighted by Crippen LogP contribution is -2.43. The van der Waals surface area contributed by atoms with Gasteiger partial charge in [0.2, 0.25) is 0 Å². The molecule has 0 heterocycles. The van der Waals surface area contributed by atoms with Gasteiger partial charge in [0.05, 0.1) is 6.61 Å². The Morgan fingerprint density at radius 2 is 1.58 bits per heavy atom. The molecule has 6 heteroatoms. The molecule has 6 nitrogen and oxygen atoms in total. The summed E-state index contributed by atoms with van der Waals surface area (Å²) >= 11 is 0. The van der Waals surface area contributed by atoms with E-state index >= 15 is 0 Å². The molecule has 1 amide bonds. The number of rotatable bonds is 5. The number of nitrogens with one attached hydrogen (secondary N) is 1. The van der Waals surface area contributed by atoms with Crippen molar-refractivity contribution in [2.45, 2.75) is 12.0 Å². The predicted octanol–water partition coefficient (Wildman–Crippen LogP) is 1.97. The fourth-order valence-electron chi connectivity index (χ4n) is 2.97. The van der Waals surface area contributed by atoms with Gasteiger partial charge in [0.25, 0.3) is 0 Å². The van der Waals surface area contributed by atoms with Crippen molar-refractivity contribution in [3.8, 4) is 11.1 Å². The smallest absolute Gasteiger partial charge is 0.407 e. The largest absolute Gasteiger partial charge is 0.480 e. The van der Waals surface area contributed by atoms with Crippen LogP contribution in [0.25, 0.3) is 11.1 Å². The summed E-state index contributed by atoms with van der Waals surface area (Å²) in [6.07, 6.45) is -0.863. The van der Waals surface area contributed by atoms with Gasteiger partial charge in [-0.3, -0.25) is 0 Å². The highest BCUT2D eigenvalue weighted by molar-refractivity contribution is 5.81. The number of carbonyl (C=O) groups excluding carboxylic acids is 1. The fourth-order valence-corrected chi connectivity index (χ4v) is 2.97. The lowest BCUT2D eigenvalue weighted by molar-refractivity contribution is -0.140. The molecule has 3 rings (SSSR count). The zero-order valence-electron chi connectivity index (χ0n) is 12.8. The maximum Gasteiger partial charge on any atom is 0.407 e. The molecule has 2 aromatic rings. The van der Waals surface area contributed by atoms with Gasteiger partial charge in [-0.25, -0.2) is 9.59 Å². The number of carbonyl (C=O) groups is 2. The number of aliphatic hydroxyl groups is 1. The number of benzene rings is 2. The van der Waals surface area contributed by atoms with Crippen LogP contribution in [0.5, 0.6) is 0 Å². The minimum Gasteiger partial charge on any atom is -0.480 e. The molecule has 0 saturated carbocycles. The van der Waals surface area contributed by atoms with E-state index in [0.717, 1.165) is 22.3 Å². The lowest BCUT2D eigenvalue weighted by Gasteiger charge is -2.16. The first-order chi connectivity index (χ1) is 11.6. The van der Waals surface area contributed by atoms with Crippen molar-refractivity contribution in [2.75, 3.05) is 13.2 Å². The van der Waals surface area contributed by atoms with Crippen molar-refractivity contribution in [1.29, 1.82) is 0 Å². The average Bonchev–Trinajstić information content (AvgIpc) is 2.91. The number of aliphatic carboxylic acids is 1. The first-order valence-electron chi connectivity index (χ1n) is 7.57. The number of hydrogen-bond donors (Lipinski definition) is 3. The Balaban J connectivity index is 1.74. The zero-order valence-corrected chi connectivity index (χ0v) is 12.8. The quantitative estimate of drug-likeness (QED) is 0.780. The van der Waals surface area contributed by atoms with Crippen molar-refractivity contribution in [3.05, 3.63) is 59.7 Å². The van der Waals surface area contributed by atoms with Gasteiger partial charge in [-0.1, -0.05) is 48.5 Å². The third-order valence-corrected chi connectivity index (χ3v) is 4.12. The van der Waals surface area contributed by atoms with Crippen molar-refractivity contribution >= 4 is 12.1 Å². The van der Waals surface area contributed by atoms with Crippen molar-refractivity contribution in [3.63, 3.8) is 0 Å². The summed E-state index contributed by atoms with van der Waals surface area (Å²) in [6.45, 7) is -0.600. The molecule has 2 aromatic carbocycles. The predicted molar refractivity (Wildman–Crippen MR) is 86.7 cm³/mol. The Morgan fingerprint density at radius 1 is 1.04 bits per heavy atom. The average molecular weight is 327 g/mol. The second-order valence-corrected chi connectivity index (χ2v) is 5.54. The summed E-state index contributed by atoms with van der Waals surface area (Å²) in [5.41, 5.74) is 4.37. The molecule has 0 fully saturated rings. The molecule has 1 aliphatic carbocycles. The Kier molecular flexibility index (Phi) is 4.48. The molecule has 0 bridgehead atoms. The van der Waals surface area contributed by atoms with Gasteiger partial charge in [-0.2, -0.15) is 0 Å². The number of carboxylic acids is 1. The third kappa shape index (κ3) is 2.96. The summed E-state index contributed by atoms with van der Waals surface area (Å²) in [4.78, 5) is 22.6. The summed E-state index contributed by atoms with van der Waals surface area (Å²) in [5.74, 6) is -1.41. The van der Waals surface area contributed by atoms with Crippen LogP contribution in [0, 0.1) is 0 Å². The molecule has 0 radical (unpaired) electrons. The minimum atomic E-state index is -1.37.